The summed E-state index contributed by atoms with van der Waals surface area (Å²) < 4.78 is 12.8. The highest BCUT2D eigenvalue weighted by atomic mass is 127. The number of hydrogen-bond donors (Lipinski definition) is 2. The fraction of sp³-hybridized carbons (Fsp3) is 0.600. The van der Waals surface area contributed by atoms with Crippen LogP contribution in [0.5, 0.6) is 0 Å². The Bertz CT molecular complexity index is 508. The van der Waals surface area contributed by atoms with Crippen LogP contribution < -0.4 is 11.3 Å². The van der Waals surface area contributed by atoms with Gasteiger partial charge in [-0.05, 0) is 65.1 Å². The number of rotatable bonds is 3. The Morgan fingerprint density at radius 1 is 1.43 bits per heavy atom. The number of benzene rings is 1. The molecular formula is C15H20ClIN2O2. The normalized spacial score (nSPS) is 30.7. The molecule has 0 bridgehead atoms. The molecule has 3 rings (SSSR count). The van der Waals surface area contributed by atoms with Gasteiger partial charge in [-0.1, -0.05) is 11.6 Å². The molecule has 2 aliphatic heterocycles. The molecule has 4 nitrogen and oxygen atoms in total. The standard InChI is InChI=1S/C15H20ClIN2O2/c16-11-1-2-13(17)12(7-11)14(19-18)10-3-5-21-15(8-10)4-6-20-9-15/h1-2,7,10,14,19H,3-6,8-9,18H2. The first-order valence-corrected chi connectivity index (χ1v) is 8.72. The van der Waals surface area contributed by atoms with Gasteiger partial charge < -0.3 is 9.47 Å². The summed E-state index contributed by atoms with van der Waals surface area (Å²) in [5.41, 5.74) is 4.07. The van der Waals surface area contributed by atoms with E-state index in [-0.39, 0.29) is 11.6 Å². The lowest BCUT2D eigenvalue weighted by Gasteiger charge is -2.40. The minimum absolute atomic E-state index is 0.0944. The molecule has 2 aliphatic rings. The molecule has 2 fully saturated rings. The zero-order valence-corrected chi connectivity index (χ0v) is 14.7. The van der Waals surface area contributed by atoms with Gasteiger partial charge in [0, 0.05) is 28.2 Å². The third kappa shape index (κ3) is 3.38. The molecule has 6 heteroatoms. The van der Waals surface area contributed by atoms with E-state index < -0.39 is 0 Å². The monoisotopic (exact) mass is 422 g/mol. The van der Waals surface area contributed by atoms with Crippen molar-refractivity contribution in [1.29, 1.82) is 0 Å². The van der Waals surface area contributed by atoms with Gasteiger partial charge in [0.15, 0.2) is 0 Å². The first-order chi connectivity index (χ1) is 10.1. The molecule has 2 saturated heterocycles. The highest BCUT2D eigenvalue weighted by molar-refractivity contribution is 14.1. The van der Waals surface area contributed by atoms with E-state index in [0.717, 1.165) is 37.5 Å². The fourth-order valence-electron chi connectivity index (χ4n) is 3.45. The molecule has 1 spiro atoms. The second-order valence-corrected chi connectivity index (χ2v) is 7.50. The van der Waals surface area contributed by atoms with Crippen molar-refractivity contribution >= 4 is 34.2 Å². The Labute approximate surface area is 143 Å². The molecule has 21 heavy (non-hydrogen) atoms. The zero-order valence-electron chi connectivity index (χ0n) is 11.8. The number of hydrazine groups is 1. The van der Waals surface area contributed by atoms with Gasteiger partial charge in [-0.25, -0.2) is 0 Å². The van der Waals surface area contributed by atoms with E-state index in [1.807, 2.05) is 18.2 Å². The van der Waals surface area contributed by atoms with Crippen LogP contribution in [0.3, 0.4) is 0 Å². The first kappa shape index (κ1) is 16.0. The zero-order chi connectivity index (χ0) is 14.9. The molecule has 3 unspecified atom stereocenters. The van der Waals surface area contributed by atoms with E-state index in [9.17, 15) is 0 Å². The van der Waals surface area contributed by atoms with Crippen LogP contribution in [0.4, 0.5) is 0 Å². The maximum absolute atomic E-state index is 6.16. The van der Waals surface area contributed by atoms with Crippen LogP contribution in [-0.2, 0) is 9.47 Å². The SMILES string of the molecule is NNC(c1cc(Cl)ccc1I)C1CCOC2(CCOC2)C1. The van der Waals surface area contributed by atoms with Crippen LogP contribution >= 0.6 is 34.2 Å². The summed E-state index contributed by atoms with van der Waals surface area (Å²) in [4.78, 5) is 0. The molecule has 1 aromatic carbocycles. The van der Waals surface area contributed by atoms with Crippen molar-refractivity contribution in [3.05, 3.63) is 32.4 Å². The molecule has 1 aromatic rings. The van der Waals surface area contributed by atoms with Crippen molar-refractivity contribution in [3.63, 3.8) is 0 Å². The third-order valence-electron chi connectivity index (χ3n) is 4.54. The van der Waals surface area contributed by atoms with Gasteiger partial charge in [0.1, 0.15) is 0 Å². The van der Waals surface area contributed by atoms with Crippen LogP contribution in [-0.4, -0.2) is 25.4 Å². The summed E-state index contributed by atoms with van der Waals surface area (Å²) in [6.07, 6.45) is 2.96. The summed E-state index contributed by atoms with van der Waals surface area (Å²) in [5, 5.41) is 0.747. The lowest BCUT2D eigenvalue weighted by molar-refractivity contribution is -0.103. The highest BCUT2D eigenvalue weighted by Gasteiger charge is 2.43. The summed E-state index contributed by atoms with van der Waals surface area (Å²) in [6, 6.07) is 6.06. The van der Waals surface area contributed by atoms with Crippen molar-refractivity contribution in [2.75, 3.05) is 19.8 Å². The van der Waals surface area contributed by atoms with Crippen molar-refractivity contribution in [3.8, 4) is 0 Å². The molecule has 0 radical (unpaired) electrons. The molecule has 2 heterocycles. The van der Waals surface area contributed by atoms with E-state index in [4.69, 9.17) is 26.9 Å². The average molecular weight is 423 g/mol. The van der Waals surface area contributed by atoms with Gasteiger partial charge in [0.05, 0.1) is 18.2 Å². The van der Waals surface area contributed by atoms with Crippen LogP contribution in [0, 0.1) is 9.49 Å². The van der Waals surface area contributed by atoms with Crippen LogP contribution in [0.2, 0.25) is 5.02 Å². The largest absolute Gasteiger partial charge is 0.378 e. The summed E-state index contributed by atoms with van der Waals surface area (Å²) >= 11 is 8.50. The maximum atomic E-state index is 6.16. The lowest BCUT2D eigenvalue weighted by Crippen LogP contribution is -2.45. The summed E-state index contributed by atoms with van der Waals surface area (Å²) in [6.45, 7) is 2.26. The second-order valence-electron chi connectivity index (χ2n) is 5.90. The fourth-order valence-corrected chi connectivity index (χ4v) is 4.30. The summed E-state index contributed by atoms with van der Waals surface area (Å²) in [5.74, 6) is 6.30. The number of nitrogens with two attached hydrogens (primary N) is 1. The maximum Gasteiger partial charge on any atom is 0.0940 e. The quantitative estimate of drug-likeness (QED) is 0.447. The first-order valence-electron chi connectivity index (χ1n) is 7.26. The predicted octanol–water partition coefficient (Wildman–Crippen LogP) is 3.03. The van der Waals surface area contributed by atoms with E-state index in [0.29, 0.717) is 12.5 Å². The van der Waals surface area contributed by atoms with Gasteiger partial charge in [-0.15, -0.1) is 0 Å². The molecule has 0 aliphatic carbocycles. The lowest BCUT2D eigenvalue weighted by atomic mass is 9.79. The minimum atomic E-state index is -0.109. The number of hydrogen-bond acceptors (Lipinski definition) is 4. The minimum Gasteiger partial charge on any atom is -0.378 e. The van der Waals surface area contributed by atoms with Crippen LogP contribution in [0.15, 0.2) is 18.2 Å². The Balaban J connectivity index is 1.84. The number of nitrogens with one attached hydrogen (secondary N) is 1. The van der Waals surface area contributed by atoms with Crippen molar-refractivity contribution in [2.45, 2.75) is 30.9 Å². The second kappa shape index (κ2) is 6.68. The van der Waals surface area contributed by atoms with Gasteiger partial charge in [0.25, 0.3) is 0 Å². The number of ether oxygens (including phenoxy) is 2. The van der Waals surface area contributed by atoms with Crippen molar-refractivity contribution < 1.29 is 9.47 Å². The Kier molecular flexibility index (Phi) is 5.08. The van der Waals surface area contributed by atoms with E-state index in [1.165, 1.54) is 9.13 Å². The average Bonchev–Trinajstić information content (AvgIpc) is 2.91. The van der Waals surface area contributed by atoms with E-state index in [1.54, 1.807) is 0 Å². The highest BCUT2D eigenvalue weighted by Crippen LogP contribution is 2.41. The van der Waals surface area contributed by atoms with Gasteiger partial charge in [0.2, 0.25) is 0 Å². The molecule has 3 atom stereocenters. The molecular weight excluding hydrogens is 403 g/mol. The number of halogens is 2. The van der Waals surface area contributed by atoms with Gasteiger partial charge >= 0.3 is 0 Å². The van der Waals surface area contributed by atoms with Crippen molar-refractivity contribution in [1.82, 2.24) is 5.43 Å². The summed E-state index contributed by atoms with van der Waals surface area (Å²) in [7, 11) is 0. The predicted molar refractivity (Wildman–Crippen MR) is 91.1 cm³/mol. The molecule has 0 aromatic heterocycles. The topological polar surface area (TPSA) is 56.5 Å². The smallest absolute Gasteiger partial charge is 0.0940 e. The molecule has 116 valence electrons. The van der Waals surface area contributed by atoms with E-state index >= 15 is 0 Å². The van der Waals surface area contributed by atoms with Crippen LogP contribution in [0.1, 0.15) is 30.9 Å². The van der Waals surface area contributed by atoms with E-state index in [2.05, 4.69) is 28.0 Å². The third-order valence-corrected chi connectivity index (χ3v) is 5.76. The molecule has 0 saturated carbocycles. The van der Waals surface area contributed by atoms with Gasteiger partial charge in [-0.3, -0.25) is 11.3 Å². The Morgan fingerprint density at radius 2 is 2.29 bits per heavy atom. The Hall–Kier alpha value is 0.0800. The molecule has 3 N–H and O–H groups in total. The Morgan fingerprint density at radius 3 is 3.00 bits per heavy atom. The van der Waals surface area contributed by atoms with Crippen LogP contribution in [0.25, 0.3) is 0 Å². The van der Waals surface area contributed by atoms with Gasteiger partial charge in [-0.2, -0.15) is 0 Å². The van der Waals surface area contributed by atoms with Crippen molar-refractivity contribution in [2.24, 2.45) is 11.8 Å². The molecule has 0 amide bonds.